The minimum Gasteiger partial charge on any atom is -0.530 e. The summed E-state index contributed by atoms with van der Waals surface area (Å²) in [7, 11) is -4.39. The van der Waals surface area contributed by atoms with Gasteiger partial charge in [-0.1, -0.05) is 84.0 Å². The molecule has 1 unspecified atom stereocenters. The predicted octanol–water partition coefficient (Wildman–Crippen LogP) is 7.94. The van der Waals surface area contributed by atoms with Crippen molar-refractivity contribution in [3.05, 3.63) is 83.4 Å². The molecule has 0 bridgehead atoms. The molecule has 204 valence electrons. The quantitative estimate of drug-likeness (QED) is 0.123. The number of carbonyl (C=O) groups is 2. The number of hydrogen-bond donors (Lipinski definition) is 0. The first kappa shape index (κ1) is 29.7. The summed E-state index contributed by atoms with van der Waals surface area (Å²) in [5.74, 6) is -0.521. The SMILES string of the molecule is CC(C)[Si](OC(/C=N/C(=C/N1C(=O)c2ccccc2C1=O)O[Si](C)(C)C)c1ccccc1)(C(C)C)C(C)C. The molecule has 8 heteroatoms. The second-order valence-electron chi connectivity index (χ2n) is 11.8. The molecule has 0 radical (unpaired) electrons. The van der Waals surface area contributed by atoms with Crippen LogP contribution in [0.5, 0.6) is 0 Å². The number of imide groups is 1. The molecule has 38 heavy (non-hydrogen) atoms. The Morgan fingerprint density at radius 2 is 1.26 bits per heavy atom. The standard InChI is InChI=1S/C30H42N2O4Si2/c1-21(2)38(22(3)4,23(5)6)35-27(24-15-11-10-12-16-24)19-31-28(36-37(7,8)9)20-32-29(33)25-17-13-14-18-26(25)30(32)34/h10-23,27H,1-9H3/b28-20-,31-19+. The zero-order valence-electron chi connectivity index (χ0n) is 24.2. The third-order valence-electron chi connectivity index (χ3n) is 6.98. The van der Waals surface area contributed by atoms with E-state index in [1.807, 2.05) is 50.0 Å². The molecule has 1 aliphatic heterocycles. The van der Waals surface area contributed by atoms with E-state index in [4.69, 9.17) is 13.8 Å². The fraction of sp³-hybridized carbons (Fsp3) is 0.433. The third-order valence-corrected chi connectivity index (χ3v) is 13.9. The minimum absolute atomic E-state index is 0.231. The van der Waals surface area contributed by atoms with E-state index < -0.39 is 22.7 Å². The topological polar surface area (TPSA) is 68.2 Å². The summed E-state index contributed by atoms with van der Waals surface area (Å²) < 4.78 is 13.4. The number of rotatable bonds is 11. The van der Waals surface area contributed by atoms with Crippen molar-refractivity contribution >= 4 is 34.7 Å². The van der Waals surface area contributed by atoms with Crippen molar-refractivity contribution in [2.45, 2.75) is 83.9 Å². The monoisotopic (exact) mass is 550 g/mol. The summed E-state index contributed by atoms with van der Waals surface area (Å²) in [6.07, 6.45) is 2.80. The van der Waals surface area contributed by atoms with Crippen LogP contribution in [0.15, 0.2) is 71.7 Å². The molecule has 1 aliphatic rings. The Bertz CT molecular complexity index is 1140. The van der Waals surface area contributed by atoms with Crippen LogP contribution in [0.3, 0.4) is 0 Å². The van der Waals surface area contributed by atoms with E-state index in [-0.39, 0.29) is 17.7 Å². The van der Waals surface area contributed by atoms with E-state index in [1.54, 1.807) is 30.5 Å². The number of fused-ring (bicyclic) bond motifs is 1. The van der Waals surface area contributed by atoms with Crippen LogP contribution < -0.4 is 0 Å². The van der Waals surface area contributed by atoms with Gasteiger partial charge in [0, 0.05) is 6.21 Å². The lowest BCUT2D eigenvalue weighted by Crippen LogP contribution is -2.48. The zero-order chi connectivity index (χ0) is 28.3. The van der Waals surface area contributed by atoms with Gasteiger partial charge >= 0.3 is 0 Å². The molecule has 0 aliphatic carbocycles. The molecule has 2 amide bonds. The Balaban J connectivity index is 2.05. The lowest BCUT2D eigenvalue weighted by Gasteiger charge is -2.44. The maximum Gasteiger partial charge on any atom is 0.265 e. The number of benzene rings is 2. The Kier molecular flexibility index (Phi) is 9.33. The molecule has 0 aromatic heterocycles. The Morgan fingerprint density at radius 3 is 1.71 bits per heavy atom. The van der Waals surface area contributed by atoms with Gasteiger partial charge in [-0.3, -0.25) is 9.59 Å². The molecule has 6 nitrogen and oxygen atoms in total. The first-order valence-electron chi connectivity index (χ1n) is 13.4. The van der Waals surface area contributed by atoms with Gasteiger partial charge in [-0.2, -0.15) is 0 Å². The fourth-order valence-electron chi connectivity index (χ4n) is 5.43. The normalized spacial score (nSPS) is 15.8. The lowest BCUT2D eigenvalue weighted by atomic mass is 10.1. The van der Waals surface area contributed by atoms with Crippen molar-refractivity contribution in [3.8, 4) is 0 Å². The van der Waals surface area contributed by atoms with Crippen LogP contribution >= 0.6 is 0 Å². The second-order valence-corrected chi connectivity index (χ2v) is 21.6. The lowest BCUT2D eigenvalue weighted by molar-refractivity contribution is 0.0716. The van der Waals surface area contributed by atoms with Crippen LogP contribution in [-0.4, -0.2) is 39.6 Å². The number of amides is 2. The van der Waals surface area contributed by atoms with Crippen LogP contribution in [0.25, 0.3) is 0 Å². The highest BCUT2D eigenvalue weighted by Crippen LogP contribution is 2.45. The van der Waals surface area contributed by atoms with Crippen molar-refractivity contribution in [3.63, 3.8) is 0 Å². The smallest absolute Gasteiger partial charge is 0.265 e. The first-order valence-corrected chi connectivity index (χ1v) is 19.0. The summed E-state index contributed by atoms with van der Waals surface area (Å²) in [4.78, 5) is 31.9. The summed E-state index contributed by atoms with van der Waals surface area (Å²) in [5, 5.41) is 0. The molecule has 0 saturated heterocycles. The Labute approximate surface area is 230 Å². The molecule has 0 N–H and O–H groups in total. The van der Waals surface area contributed by atoms with E-state index >= 15 is 0 Å². The molecular weight excluding hydrogens is 509 g/mol. The number of nitrogens with zero attached hydrogens (tertiary/aromatic N) is 2. The van der Waals surface area contributed by atoms with Gasteiger partial charge in [-0.05, 0) is 54.0 Å². The van der Waals surface area contributed by atoms with Gasteiger partial charge in [0.2, 0.25) is 22.5 Å². The van der Waals surface area contributed by atoms with Crippen molar-refractivity contribution in [2.24, 2.45) is 4.99 Å². The van der Waals surface area contributed by atoms with Crippen LogP contribution in [0.4, 0.5) is 0 Å². The molecule has 2 aromatic carbocycles. The Hall–Kier alpha value is -2.82. The van der Waals surface area contributed by atoms with E-state index in [0.717, 1.165) is 10.5 Å². The highest BCUT2D eigenvalue weighted by molar-refractivity contribution is 6.77. The van der Waals surface area contributed by atoms with Gasteiger partial charge in [0.1, 0.15) is 6.10 Å². The molecule has 1 heterocycles. The average Bonchev–Trinajstić information content (AvgIpc) is 3.08. The van der Waals surface area contributed by atoms with Crippen molar-refractivity contribution in [1.29, 1.82) is 0 Å². The molecular formula is C30H42N2O4Si2. The maximum atomic E-state index is 13.0. The van der Waals surface area contributed by atoms with Gasteiger partial charge in [-0.15, -0.1) is 0 Å². The van der Waals surface area contributed by atoms with E-state index in [2.05, 4.69) is 41.5 Å². The van der Waals surface area contributed by atoms with Crippen LogP contribution in [0.1, 0.15) is 73.9 Å². The molecule has 0 spiro atoms. The molecule has 3 rings (SSSR count). The van der Waals surface area contributed by atoms with Gasteiger partial charge in [-0.25, -0.2) is 9.89 Å². The average molecular weight is 551 g/mol. The highest BCUT2D eigenvalue weighted by atomic mass is 28.4. The van der Waals surface area contributed by atoms with Crippen LogP contribution in [0, 0.1) is 0 Å². The van der Waals surface area contributed by atoms with Crippen molar-refractivity contribution < 1.29 is 18.4 Å². The van der Waals surface area contributed by atoms with Crippen LogP contribution in [0.2, 0.25) is 36.3 Å². The number of aliphatic imine (C=N–C) groups is 1. The van der Waals surface area contributed by atoms with Crippen LogP contribution in [-0.2, 0) is 8.85 Å². The predicted molar refractivity (Wildman–Crippen MR) is 159 cm³/mol. The Morgan fingerprint density at radius 1 is 0.789 bits per heavy atom. The summed E-state index contributed by atoms with van der Waals surface area (Å²) in [6, 6.07) is 16.9. The summed E-state index contributed by atoms with van der Waals surface area (Å²) in [6.45, 7) is 19.7. The van der Waals surface area contributed by atoms with Crippen molar-refractivity contribution in [2.75, 3.05) is 0 Å². The van der Waals surface area contributed by atoms with Gasteiger partial charge in [0.15, 0.2) is 0 Å². The van der Waals surface area contributed by atoms with E-state index in [1.165, 1.54) is 6.20 Å². The second kappa shape index (κ2) is 11.9. The molecule has 1 atom stereocenters. The van der Waals surface area contributed by atoms with Gasteiger partial charge in [0.25, 0.3) is 11.8 Å². The van der Waals surface area contributed by atoms with Crippen molar-refractivity contribution in [1.82, 2.24) is 4.90 Å². The fourth-order valence-corrected chi connectivity index (χ4v) is 11.6. The minimum atomic E-state index is -2.25. The largest absolute Gasteiger partial charge is 0.530 e. The molecule has 0 saturated carbocycles. The summed E-state index contributed by atoms with van der Waals surface area (Å²) >= 11 is 0. The summed E-state index contributed by atoms with van der Waals surface area (Å²) in [5.41, 5.74) is 2.97. The van der Waals surface area contributed by atoms with Gasteiger partial charge < -0.3 is 8.85 Å². The third kappa shape index (κ3) is 6.42. The zero-order valence-corrected chi connectivity index (χ0v) is 26.2. The van der Waals surface area contributed by atoms with E-state index in [9.17, 15) is 9.59 Å². The molecule has 2 aromatic rings. The van der Waals surface area contributed by atoms with Gasteiger partial charge in [0.05, 0.1) is 17.3 Å². The number of carbonyl (C=O) groups excluding carboxylic acids is 2. The van der Waals surface area contributed by atoms with E-state index in [0.29, 0.717) is 27.8 Å². The first-order chi connectivity index (χ1) is 17.8. The highest BCUT2D eigenvalue weighted by Gasteiger charge is 2.46. The number of hydrogen-bond acceptors (Lipinski definition) is 5. The molecule has 0 fully saturated rings. The maximum absolute atomic E-state index is 13.0.